The van der Waals surface area contributed by atoms with E-state index in [1.165, 1.54) is 0 Å². The summed E-state index contributed by atoms with van der Waals surface area (Å²) in [6, 6.07) is 6.83. The number of anilines is 1. The van der Waals surface area contributed by atoms with Gasteiger partial charge in [0, 0.05) is 18.3 Å². The molecule has 0 aliphatic carbocycles. The molecule has 0 radical (unpaired) electrons. The predicted molar refractivity (Wildman–Crippen MR) is 74.3 cm³/mol. The number of carbonyl (C=O) groups excluding carboxylic acids is 1. The van der Waals surface area contributed by atoms with Gasteiger partial charge in [-0.1, -0.05) is 12.1 Å². The number of carbonyl (C=O) groups is 2. The van der Waals surface area contributed by atoms with E-state index in [0.29, 0.717) is 17.8 Å². The summed E-state index contributed by atoms with van der Waals surface area (Å²) in [7, 11) is 0. The maximum atomic E-state index is 12.0. The normalized spacial score (nSPS) is 10.3. The summed E-state index contributed by atoms with van der Waals surface area (Å²) in [5.74, 6) is -0.888. The Morgan fingerprint density at radius 3 is 2.58 bits per heavy atom. The third kappa shape index (κ3) is 4.62. The third-order valence-electron chi connectivity index (χ3n) is 2.76. The first-order valence-electron chi connectivity index (χ1n) is 6.32. The summed E-state index contributed by atoms with van der Waals surface area (Å²) in [4.78, 5) is 24.4. The minimum Gasteiger partial charge on any atom is -0.481 e. The molecule has 1 aromatic rings. The molecule has 5 nitrogen and oxygen atoms in total. The van der Waals surface area contributed by atoms with Crippen LogP contribution >= 0.6 is 0 Å². The molecule has 0 aromatic heterocycles. The van der Waals surface area contributed by atoms with Gasteiger partial charge in [0.05, 0.1) is 6.42 Å². The zero-order chi connectivity index (χ0) is 14.4. The summed E-state index contributed by atoms with van der Waals surface area (Å²) in [6.07, 6.45) is -0.0502. The van der Waals surface area contributed by atoms with Crippen LogP contribution in [0.2, 0.25) is 0 Å². The van der Waals surface area contributed by atoms with Gasteiger partial charge in [-0.2, -0.15) is 0 Å². The summed E-state index contributed by atoms with van der Waals surface area (Å²) in [5, 5.41) is 11.5. The minimum absolute atomic E-state index is 0.0502. The highest BCUT2D eigenvalue weighted by Gasteiger charge is 2.14. The molecule has 0 aliphatic heterocycles. The standard InChI is InChI=1S/C14H20N2O3/c1-4-16(10(2)3)14(19)15-12-7-5-6-11(8-12)9-13(17)18/h5-8,10H,4,9H2,1-3H3,(H,15,19)(H,17,18). The summed E-state index contributed by atoms with van der Waals surface area (Å²) >= 11 is 0. The van der Waals surface area contributed by atoms with E-state index in [0.717, 1.165) is 0 Å². The third-order valence-corrected chi connectivity index (χ3v) is 2.76. The molecule has 2 amide bonds. The van der Waals surface area contributed by atoms with E-state index < -0.39 is 5.97 Å². The highest BCUT2D eigenvalue weighted by Crippen LogP contribution is 2.13. The van der Waals surface area contributed by atoms with Gasteiger partial charge in [-0.25, -0.2) is 4.79 Å². The van der Waals surface area contributed by atoms with Crippen molar-refractivity contribution >= 4 is 17.7 Å². The van der Waals surface area contributed by atoms with Gasteiger partial charge in [0.1, 0.15) is 0 Å². The molecule has 0 saturated carbocycles. The Morgan fingerprint density at radius 1 is 1.37 bits per heavy atom. The van der Waals surface area contributed by atoms with Crippen LogP contribution < -0.4 is 5.32 Å². The monoisotopic (exact) mass is 264 g/mol. The average molecular weight is 264 g/mol. The first-order valence-corrected chi connectivity index (χ1v) is 6.32. The second kappa shape index (κ2) is 6.78. The van der Waals surface area contributed by atoms with Gasteiger partial charge in [-0.15, -0.1) is 0 Å². The number of aliphatic carboxylic acids is 1. The highest BCUT2D eigenvalue weighted by molar-refractivity contribution is 5.89. The lowest BCUT2D eigenvalue weighted by atomic mass is 10.1. The Labute approximate surface area is 113 Å². The lowest BCUT2D eigenvalue weighted by Crippen LogP contribution is -2.39. The molecule has 0 spiro atoms. The molecular formula is C14H20N2O3. The molecule has 1 aromatic carbocycles. The molecule has 0 unspecified atom stereocenters. The number of amides is 2. The molecule has 0 saturated heterocycles. The van der Waals surface area contributed by atoms with Crippen molar-refractivity contribution in [2.75, 3.05) is 11.9 Å². The molecule has 0 bridgehead atoms. The van der Waals surface area contributed by atoms with Crippen molar-refractivity contribution < 1.29 is 14.7 Å². The van der Waals surface area contributed by atoms with Crippen LogP contribution in [0, 0.1) is 0 Å². The predicted octanol–water partition coefficient (Wildman–Crippen LogP) is 2.58. The number of nitrogens with one attached hydrogen (secondary N) is 1. The number of benzene rings is 1. The largest absolute Gasteiger partial charge is 0.481 e. The van der Waals surface area contributed by atoms with E-state index in [-0.39, 0.29) is 18.5 Å². The van der Waals surface area contributed by atoms with Crippen LogP contribution in [0.5, 0.6) is 0 Å². The molecule has 0 aliphatic rings. The lowest BCUT2D eigenvalue weighted by Gasteiger charge is -2.25. The Hall–Kier alpha value is -2.04. The zero-order valence-electron chi connectivity index (χ0n) is 11.5. The highest BCUT2D eigenvalue weighted by atomic mass is 16.4. The van der Waals surface area contributed by atoms with E-state index in [1.54, 1.807) is 29.2 Å². The van der Waals surface area contributed by atoms with Crippen molar-refractivity contribution in [3.8, 4) is 0 Å². The molecule has 2 N–H and O–H groups in total. The molecule has 0 fully saturated rings. The fourth-order valence-electron chi connectivity index (χ4n) is 1.87. The SMILES string of the molecule is CCN(C(=O)Nc1cccc(CC(=O)O)c1)C(C)C. The van der Waals surface area contributed by atoms with E-state index in [9.17, 15) is 9.59 Å². The van der Waals surface area contributed by atoms with Crippen LogP contribution in [-0.4, -0.2) is 34.6 Å². The topological polar surface area (TPSA) is 69.6 Å². The Balaban J connectivity index is 2.76. The van der Waals surface area contributed by atoms with Crippen LogP contribution in [0.1, 0.15) is 26.3 Å². The van der Waals surface area contributed by atoms with Gasteiger partial charge in [0.25, 0.3) is 0 Å². The second-order valence-corrected chi connectivity index (χ2v) is 4.58. The fraction of sp³-hybridized carbons (Fsp3) is 0.429. The Kier molecular flexibility index (Phi) is 5.36. The summed E-state index contributed by atoms with van der Waals surface area (Å²) in [6.45, 7) is 6.44. The molecule has 1 rings (SSSR count). The maximum Gasteiger partial charge on any atom is 0.322 e. The van der Waals surface area contributed by atoms with Crippen molar-refractivity contribution in [1.82, 2.24) is 4.90 Å². The summed E-state index contributed by atoms with van der Waals surface area (Å²) < 4.78 is 0. The van der Waals surface area contributed by atoms with Gasteiger partial charge in [0.15, 0.2) is 0 Å². The Morgan fingerprint density at radius 2 is 2.05 bits per heavy atom. The number of carboxylic acid groups (broad SMARTS) is 1. The quantitative estimate of drug-likeness (QED) is 0.858. The molecule has 104 valence electrons. The number of rotatable bonds is 5. The molecule has 19 heavy (non-hydrogen) atoms. The van der Waals surface area contributed by atoms with Crippen LogP contribution in [0.3, 0.4) is 0 Å². The van der Waals surface area contributed by atoms with E-state index in [4.69, 9.17) is 5.11 Å². The first-order chi connectivity index (χ1) is 8.93. The van der Waals surface area contributed by atoms with Crippen molar-refractivity contribution in [3.63, 3.8) is 0 Å². The van der Waals surface area contributed by atoms with Gasteiger partial charge in [-0.3, -0.25) is 4.79 Å². The van der Waals surface area contributed by atoms with Crippen LogP contribution in [-0.2, 0) is 11.2 Å². The minimum atomic E-state index is -0.888. The summed E-state index contributed by atoms with van der Waals surface area (Å²) in [5.41, 5.74) is 1.28. The van der Waals surface area contributed by atoms with E-state index in [2.05, 4.69) is 5.32 Å². The number of hydrogen-bond donors (Lipinski definition) is 2. The lowest BCUT2D eigenvalue weighted by molar-refractivity contribution is -0.136. The van der Waals surface area contributed by atoms with Crippen LogP contribution in [0.4, 0.5) is 10.5 Å². The number of nitrogens with zero attached hydrogens (tertiary/aromatic N) is 1. The van der Waals surface area contributed by atoms with Gasteiger partial charge < -0.3 is 15.3 Å². The smallest absolute Gasteiger partial charge is 0.322 e. The first kappa shape index (κ1) is 15.0. The van der Waals surface area contributed by atoms with E-state index >= 15 is 0 Å². The number of carboxylic acids is 1. The Bertz CT molecular complexity index is 458. The van der Waals surface area contributed by atoms with E-state index in [1.807, 2.05) is 20.8 Å². The molecule has 0 heterocycles. The zero-order valence-corrected chi connectivity index (χ0v) is 11.5. The van der Waals surface area contributed by atoms with Crippen LogP contribution in [0.25, 0.3) is 0 Å². The second-order valence-electron chi connectivity index (χ2n) is 4.58. The number of hydrogen-bond acceptors (Lipinski definition) is 2. The van der Waals surface area contributed by atoms with Crippen molar-refractivity contribution in [3.05, 3.63) is 29.8 Å². The maximum absolute atomic E-state index is 12.0. The average Bonchev–Trinajstić information content (AvgIpc) is 2.28. The molecular weight excluding hydrogens is 244 g/mol. The van der Waals surface area contributed by atoms with Gasteiger partial charge in [0.2, 0.25) is 0 Å². The van der Waals surface area contributed by atoms with Gasteiger partial charge >= 0.3 is 12.0 Å². The fourth-order valence-corrected chi connectivity index (χ4v) is 1.87. The number of urea groups is 1. The van der Waals surface area contributed by atoms with Crippen molar-refractivity contribution in [1.29, 1.82) is 0 Å². The molecule has 5 heteroatoms. The van der Waals surface area contributed by atoms with Gasteiger partial charge in [-0.05, 0) is 38.5 Å². The van der Waals surface area contributed by atoms with Crippen molar-refractivity contribution in [2.24, 2.45) is 0 Å². The van der Waals surface area contributed by atoms with Crippen LogP contribution in [0.15, 0.2) is 24.3 Å². The van der Waals surface area contributed by atoms with Crippen molar-refractivity contribution in [2.45, 2.75) is 33.2 Å². The molecule has 0 atom stereocenters.